The van der Waals surface area contributed by atoms with E-state index in [4.69, 9.17) is 4.74 Å². The number of ether oxygens (including phenoxy) is 1. The van der Waals surface area contributed by atoms with Crippen LogP contribution in [-0.2, 0) is 9.53 Å². The molecule has 0 aliphatic carbocycles. The normalized spacial score (nSPS) is 18.6. The zero-order chi connectivity index (χ0) is 24.8. The SMILES string of the molecule is CC(C)NC(=O)N(CCN1CCOCC1)CC(=O)N1N=C(c2cccs2)CC1c1ccc(F)cc1. The van der Waals surface area contributed by atoms with Crippen molar-refractivity contribution in [3.8, 4) is 0 Å². The molecule has 3 heterocycles. The lowest BCUT2D eigenvalue weighted by atomic mass is 10.0. The molecule has 1 aromatic carbocycles. The van der Waals surface area contributed by atoms with Crippen molar-refractivity contribution in [1.29, 1.82) is 0 Å². The van der Waals surface area contributed by atoms with Crippen molar-refractivity contribution >= 4 is 29.0 Å². The topological polar surface area (TPSA) is 77.5 Å². The maximum atomic E-state index is 13.6. The van der Waals surface area contributed by atoms with Crippen molar-refractivity contribution in [2.45, 2.75) is 32.4 Å². The first-order valence-corrected chi connectivity index (χ1v) is 12.8. The lowest BCUT2D eigenvalue weighted by Gasteiger charge is -2.31. The zero-order valence-electron chi connectivity index (χ0n) is 20.2. The molecule has 2 aliphatic heterocycles. The molecule has 0 bridgehead atoms. The zero-order valence-corrected chi connectivity index (χ0v) is 21.0. The molecule has 1 N–H and O–H groups in total. The second-order valence-corrected chi connectivity index (χ2v) is 9.96. The van der Waals surface area contributed by atoms with Crippen LogP contribution in [0.15, 0.2) is 46.9 Å². The van der Waals surface area contributed by atoms with Gasteiger partial charge in [0.1, 0.15) is 12.4 Å². The predicted molar refractivity (Wildman–Crippen MR) is 134 cm³/mol. The number of carbonyl (C=O) groups is 2. The Balaban J connectivity index is 1.52. The summed E-state index contributed by atoms with van der Waals surface area (Å²) in [6, 6.07) is 9.41. The number of nitrogens with one attached hydrogen (secondary N) is 1. The number of hydrogen-bond donors (Lipinski definition) is 1. The number of thiophene rings is 1. The number of rotatable bonds is 8. The van der Waals surface area contributed by atoms with Crippen LogP contribution in [0.3, 0.4) is 0 Å². The minimum Gasteiger partial charge on any atom is -0.379 e. The fraction of sp³-hybridized carbons (Fsp3) is 0.480. The summed E-state index contributed by atoms with van der Waals surface area (Å²) >= 11 is 1.56. The van der Waals surface area contributed by atoms with Gasteiger partial charge in [0.2, 0.25) is 0 Å². The van der Waals surface area contributed by atoms with Gasteiger partial charge >= 0.3 is 6.03 Å². The van der Waals surface area contributed by atoms with Crippen molar-refractivity contribution in [3.05, 3.63) is 58.0 Å². The Morgan fingerprint density at radius 1 is 1.23 bits per heavy atom. The monoisotopic (exact) mass is 501 g/mol. The van der Waals surface area contributed by atoms with Crippen molar-refractivity contribution in [1.82, 2.24) is 20.1 Å². The molecule has 1 fully saturated rings. The highest BCUT2D eigenvalue weighted by Gasteiger charge is 2.35. The lowest BCUT2D eigenvalue weighted by Crippen LogP contribution is -2.50. The molecule has 0 radical (unpaired) electrons. The molecule has 0 spiro atoms. The summed E-state index contributed by atoms with van der Waals surface area (Å²) in [5, 5.41) is 11.0. The average molecular weight is 502 g/mol. The van der Waals surface area contributed by atoms with E-state index in [0.717, 1.165) is 29.2 Å². The molecule has 10 heteroatoms. The molecular formula is C25H32FN5O3S. The first-order valence-electron chi connectivity index (χ1n) is 11.9. The quantitative estimate of drug-likeness (QED) is 0.602. The van der Waals surface area contributed by atoms with Gasteiger partial charge in [-0.1, -0.05) is 18.2 Å². The van der Waals surface area contributed by atoms with E-state index in [1.54, 1.807) is 28.4 Å². The Labute approximate surface area is 209 Å². The van der Waals surface area contributed by atoms with E-state index >= 15 is 0 Å². The highest BCUT2D eigenvalue weighted by molar-refractivity contribution is 7.12. The molecule has 35 heavy (non-hydrogen) atoms. The highest BCUT2D eigenvalue weighted by atomic mass is 32.1. The molecule has 1 atom stereocenters. The molecule has 1 unspecified atom stereocenters. The molecule has 2 aromatic rings. The van der Waals surface area contributed by atoms with E-state index in [0.29, 0.717) is 32.7 Å². The van der Waals surface area contributed by atoms with Crippen LogP contribution >= 0.6 is 11.3 Å². The number of nitrogens with zero attached hydrogens (tertiary/aromatic N) is 4. The van der Waals surface area contributed by atoms with Gasteiger partial charge in [0.15, 0.2) is 0 Å². The highest BCUT2D eigenvalue weighted by Crippen LogP contribution is 2.34. The summed E-state index contributed by atoms with van der Waals surface area (Å²) in [4.78, 5) is 31.3. The number of halogens is 1. The largest absolute Gasteiger partial charge is 0.379 e. The number of morpholine rings is 1. The van der Waals surface area contributed by atoms with Crippen molar-refractivity contribution in [2.75, 3.05) is 45.9 Å². The summed E-state index contributed by atoms with van der Waals surface area (Å²) in [6.07, 6.45) is 0.532. The maximum absolute atomic E-state index is 13.6. The number of carbonyl (C=O) groups excluding carboxylic acids is 2. The third-order valence-corrected chi connectivity index (χ3v) is 6.96. The number of hydrogen-bond acceptors (Lipinski definition) is 6. The van der Waals surface area contributed by atoms with Crippen LogP contribution in [0.4, 0.5) is 9.18 Å². The minimum absolute atomic E-state index is 0.0503. The third kappa shape index (κ3) is 6.65. The van der Waals surface area contributed by atoms with E-state index in [1.165, 1.54) is 17.1 Å². The summed E-state index contributed by atoms with van der Waals surface area (Å²) in [7, 11) is 0. The molecule has 1 aromatic heterocycles. The van der Waals surface area contributed by atoms with Gasteiger partial charge in [-0.2, -0.15) is 5.10 Å². The fourth-order valence-corrected chi connectivity index (χ4v) is 4.91. The van der Waals surface area contributed by atoms with Crippen LogP contribution in [0.25, 0.3) is 0 Å². The van der Waals surface area contributed by atoms with Gasteiger partial charge in [0.25, 0.3) is 5.91 Å². The van der Waals surface area contributed by atoms with Crippen LogP contribution < -0.4 is 5.32 Å². The van der Waals surface area contributed by atoms with E-state index in [-0.39, 0.29) is 36.4 Å². The standard InChI is InChI=1S/C25H32FN5O3S/c1-18(2)27-25(33)30(10-9-29-11-13-34-14-12-29)17-24(32)31-22(19-5-7-20(26)8-6-19)16-21(28-31)23-4-3-15-35-23/h3-8,15,18,22H,9-14,16-17H2,1-2H3,(H,27,33). The molecule has 3 amide bonds. The second-order valence-electron chi connectivity index (χ2n) is 9.01. The summed E-state index contributed by atoms with van der Waals surface area (Å²) in [5.41, 5.74) is 1.62. The van der Waals surface area contributed by atoms with E-state index in [9.17, 15) is 14.0 Å². The number of benzene rings is 1. The Morgan fingerprint density at radius 3 is 2.63 bits per heavy atom. The van der Waals surface area contributed by atoms with Crippen molar-refractivity contribution in [2.24, 2.45) is 5.10 Å². The van der Waals surface area contributed by atoms with E-state index in [1.807, 2.05) is 31.4 Å². The summed E-state index contributed by atoms with van der Waals surface area (Å²) in [5.74, 6) is -0.601. The average Bonchev–Trinajstić information content (AvgIpc) is 3.52. The first kappa shape index (κ1) is 25.3. The van der Waals surface area contributed by atoms with E-state index < -0.39 is 0 Å². The fourth-order valence-electron chi connectivity index (χ4n) is 4.19. The third-order valence-electron chi connectivity index (χ3n) is 6.04. The molecular weight excluding hydrogens is 469 g/mol. The van der Waals surface area contributed by atoms with Gasteiger partial charge in [-0.3, -0.25) is 9.69 Å². The Kier molecular flexibility index (Phi) is 8.48. The van der Waals surface area contributed by atoms with Crippen LogP contribution in [-0.4, -0.2) is 84.4 Å². The Hall–Kier alpha value is -2.82. The lowest BCUT2D eigenvalue weighted by molar-refractivity contribution is -0.133. The molecule has 188 valence electrons. The van der Waals surface area contributed by atoms with Crippen LogP contribution in [0.5, 0.6) is 0 Å². The van der Waals surface area contributed by atoms with Crippen molar-refractivity contribution in [3.63, 3.8) is 0 Å². The minimum atomic E-state index is -0.352. The molecule has 0 saturated carbocycles. The molecule has 4 rings (SSSR count). The molecule has 8 nitrogen and oxygen atoms in total. The summed E-state index contributed by atoms with van der Waals surface area (Å²) < 4.78 is 19.0. The van der Waals surface area contributed by atoms with Gasteiger partial charge in [-0.05, 0) is 43.0 Å². The smallest absolute Gasteiger partial charge is 0.318 e. The predicted octanol–water partition coefficient (Wildman–Crippen LogP) is 3.32. The Morgan fingerprint density at radius 2 is 1.97 bits per heavy atom. The maximum Gasteiger partial charge on any atom is 0.318 e. The van der Waals surface area contributed by atoms with Crippen LogP contribution in [0.2, 0.25) is 0 Å². The number of amides is 3. The van der Waals surface area contributed by atoms with Gasteiger partial charge in [-0.15, -0.1) is 11.3 Å². The molecule has 1 saturated heterocycles. The van der Waals surface area contributed by atoms with Gasteiger partial charge in [0.05, 0.1) is 29.8 Å². The van der Waals surface area contributed by atoms with Crippen LogP contribution in [0, 0.1) is 5.82 Å². The van der Waals surface area contributed by atoms with Crippen molar-refractivity contribution < 1.29 is 18.7 Å². The second kappa shape index (κ2) is 11.7. The first-order chi connectivity index (χ1) is 16.9. The summed E-state index contributed by atoms with van der Waals surface area (Å²) in [6.45, 7) is 7.72. The van der Waals surface area contributed by atoms with Gasteiger partial charge < -0.3 is 15.0 Å². The molecule has 2 aliphatic rings. The van der Waals surface area contributed by atoms with Gasteiger partial charge in [-0.25, -0.2) is 14.2 Å². The van der Waals surface area contributed by atoms with Crippen LogP contribution in [0.1, 0.15) is 36.8 Å². The van der Waals surface area contributed by atoms with E-state index in [2.05, 4.69) is 15.3 Å². The van der Waals surface area contributed by atoms with Gasteiger partial charge in [0, 0.05) is 38.6 Å². The number of hydrazone groups is 1. The number of urea groups is 1. The Bertz CT molecular complexity index is 1020.